The van der Waals surface area contributed by atoms with Gasteiger partial charge in [-0.15, -0.1) is 0 Å². The van der Waals surface area contributed by atoms with Crippen molar-refractivity contribution in [2.45, 2.75) is 18.3 Å². The number of nitrogens with two attached hydrogens (primary N) is 1. The van der Waals surface area contributed by atoms with E-state index in [1.165, 1.54) is 12.1 Å². The van der Waals surface area contributed by atoms with Crippen molar-refractivity contribution in [1.82, 2.24) is 4.98 Å². The number of fused-ring (bicyclic) bond motifs is 1. The molecule has 0 fully saturated rings. The van der Waals surface area contributed by atoms with Gasteiger partial charge in [-0.2, -0.15) is 26.3 Å². The van der Waals surface area contributed by atoms with E-state index in [0.717, 1.165) is 6.07 Å². The van der Waals surface area contributed by atoms with Gasteiger partial charge in [0.2, 0.25) is 11.8 Å². The van der Waals surface area contributed by atoms with Crippen LogP contribution in [0.4, 0.5) is 32.0 Å². The Labute approximate surface area is 102 Å². The van der Waals surface area contributed by atoms with E-state index in [0.29, 0.717) is 0 Å². The van der Waals surface area contributed by atoms with Crippen LogP contribution in [0.1, 0.15) is 11.8 Å². The number of benzene rings is 1. The maximum atomic E-state index is 12.5. The number of rotatable bonds is 1. The van der Waals surface area contributed by atoms with E-state index >= 15 is 0 Å². The fraction of sp³-hybridized carbons (Fsp3) is 0.300. The highest BCUT2D eigenvalue weighted by Gasteiger charge is 2.60. The molecule has 0 atom stereocenters. The molecule has 0 aliphatic rings. The predicted octanol–water partition coefficient (Wildman–Crippen LogP) is 3.62. The lowest BCUT2D eigenvalue weighted by molar-refractivity contribution is -0.258. The third-order valence-electron chi connectivity index (χ3n) is 2.33. The standard InChI is InChI=1S/C10H6F6N2O/c11-9(12,13)7(10(14,15)16)8-18-5-2-1-4(17)3-6(5)19-8/h1-3,7H,17H2. The summed E-state index contributed by atoms with van der Waals surface area (Å²) in [6.45, 7) is 0. The highest BCUT2D eigenvalue weighted by Crippen LogP contribution is 2.46. The summed E-state index contributed by atoms with van der Waals surface area (Å²) in [5, 5.41) is 0. The summed E-state index contributed by atoms with van der Waals surface area (Å²) in [5.74, 6) is -5.20. The van der Waals surface area contributed by atoms with E-state index in [1.54, 1.807) is 0 Å². The third kappa shape index (κ3) is 2.59. The first-order chi connectivity index (χ1) is 8.59. The molecule has 0 aliphatic heterocycles. The maximum Gasteiger partial charge on any atom is 0.409 e. The van der Waals surface area contributed by atoms with Crippen LogP contribution in [0.5, 0.6) is 0 Å². The molecule has 1 heterocycles. The SMILES string of the molecule is Nc1ccc2nc(C(C(F)(F)F)C(F)(F)F)oc2c1. The predicted molar refractivity (Wildman–Crippen MR) is 53.3 cm³/mol. The van der Waals surface area contributed by atoms with E-state index in [2.05, 4.69) is 9.40 Å². The number of hydrogen-bond donors (Lipinski definition) is 1. The highest BCUT2D eigenvalue weighted by molar-refractivity contribution is 5.76. The Morgan fingerprint density at radius 3 is 2.16 bits per heavy atom. The zero-order chi connectivity index (χ0) is 14.4. The number of nitrogen functional groups attached to an aromatic ring is 1. The second kappa shape index (κ2) is 4.04. The number of anilines is 1. The fourth-order valence-electron chi connectivity index (χ4n) is 1.55. The molecule has 9 heteroatoms. The summed E-state index contributed by atoms with van der Waals surface area (Å²) >= 11 is 0. The van der Waals surface area contributed by atoms with Crippen LogP contribution in [-0.2, 0) is 0 Å². The molecule has 0 amide bonds. The molecule has 104 valence electrons. The summed E-state index contributed by atoms with van der Waals surface area (Å²) in [6, 6.07) is 3.59. The number of halogens is 6. The molecule has 19 heavy (non-hydrogen) atoms. The third-order valence-corrected chi connectivity index (χ3v) is 2.33. The zero-order valence-corrected chi connectivity index (χ0v) is 9.01. The van der Waals surface area contributed by atoms with Crippen LogP contribution >= 0.6 is 0 Å². The normalized spacial score (nSPS) is 13.4. The fourth-order valence-corrected chi connectivity index (χ4v) is 1.55. The molecule has 0 unspecified atom stereocenters. The van der Waals surface area contributed by atoms with Gasteiger partial charge in [-0.3, -0.25) is 0 Å². The second-order valence-electron chi connectivity index (χ2n) is 3.80. The lowest BCUT2D eigenvalue weighted by Gasteiger charge is -2.19. The number of aromatic nitrogens is 1. The number of hydrogen-bond acceptors (Lipinski definition) is 3. The first-order valence-electron chi connectivity index (χ1n) is 4.88. The quantitative estimate of drug-likeness (QED) is 0.642. The van der Waals surface area contributed by atoms with Crippen molar-refractivity contribution >= 4 is 16.8 Å². The summed E-state index contributed by atoms with van der Waals surface area (Å²) in [7, 11) is 0. The summed E-state index contributed by atoms with van der Waals surface area (Å²) in [4.78, 5) is 3.22. The molecule has 0 bridgehead atoms. The Hall–Kier alpha value is -1.93. The molecule has 2 N–H and O–H groups in total. The van der Waals surface area contributed by atoms with Gasteiger partial charge in [0.25, 0.3) is 0 Å². The largest absolute Gasteiger partial charge is 0.440 e. The van der Waals surface area contributed by atoms with Gasteiger partial charge in [-0.05, 0) is 12.1 Å². The van der Waals surface area contributed by atoms with E-state index in [9.17, 15) is 26.3 Å². The van der Waals surface area contributed by atoms with Gasteiger partial charge in [0, 0.05) is 11.8 Å². The lowest BCUT2D eigenvalue weighted by atomic mass is 10.1. The molecular formula is C10H6F6N2O. The van der Waals surface area contributed by atoms with E-state index in [4.69, 9.17) is 5.73 Å². The molecule has 0 saturated carbocycles. The van der Waals surface area contributed by atoms with Crippen LogP contribution in [-0.4, -0.2) is 17.3 Å². The number of nitrogens with zero attached hydrogens (tertiary/aromatic N) is 1. The smallest absolute Gasteiger partial charge is 0.409 e. The molecule has 0 saturated heterocycles. The van der Waals surface area contributed by atoms with Gasteiger partial charge in [-0.25, -0.2) is 4.98 Å². The van der Waals surface area contributed by atoms with Gasteiger partial charge in [0.15, 0.2) is 5.58 Å². The van der Waals surface area contributed by atoms with Crippen molar-refractivity contribution in [3.05, 3.63) is 24.1 Å². The summed E-state index contributed by atoms with van der Waals surface area (Å²) < 4.78 is 79.3. The van der Waals surface area contributed by atoms with Crippen LogP contribution in [0, 0.1) is 0 Å². The van der Waals surface area contributed by atoms with Crippen LogP contribution in [0.3, 0.4) is 0 Å². The van der Waals surface area contributed by atoms with Gasteiger partial charge in [0.05, 0.1) is 0 Å². The van der Waals surface area contributed by atoms with Crippen molar-refractivity contribution in [3.8, 4) is 0 Å². The molecule has 0 aliphatic carbocycles. The maximum absolute atomic E-state index is 12.5. The minimum absolute atomic E-state index is 0.123. The van der Waals surface area contributed by atoms with E-state index in [1.807, 2.05) is 0 Å². The van der Waals surface area contributed by atoms with Gasteiger partial charge < -0.3 is 10.2 Å². The molecule has 1 aromatic carbocycles. The zero-order valence-electron chi connectivity index (χ0n) is 9.01. The van der Waals surface area contributed by atoms with Gasteiger partial charge in [-0.1, -0.05) is 0 Å². The molecular weight excluding hydrogens is 278 g/mol. The molecule has 3 nitrogen and oxygen atoms in total. The van der Waals surface area contributed by atoms with Crippen LogP contribution < -0.4 is 5.73 Å². The van der Waals surface area contributed by atoms with Crippen molar-refractivity contribution in [2.75, 3.05) is 5.73 Å². The monoisotopic (exact) mass is 284 g/mol. The Kier molecular flexibility index (Phi) is 2.87. The molecule has 0 spiro atoms. The van der Waals surface area contributed by atoms with Gasteiger partial charge >= 0.3 is 12.4 Å². The molecule has 0 radical (unpaired) electrons. The van der Waals surface area contributed by atoms with E-state index in [-0.39, 0.29) is 16.8 Å². The molecule has 2 aromatic rings. The first-order valence-corrected chi connectivity index (χ1v) is 4.88. The van der Waals surface area contributed by atoms with Crippen molar-refractivity contribution < 1.29 is 30.8 Å². The van der Waals surface area contributed by atoms with Crippen molar-refractivity contribution in [2.24, 2.45) is 0 Å². The van der Waals surface area contributed by atoms with Crippen molar-refractivity contribution in [3.63, 3.8) is 0 Å². The van der Waals surface area contributed by atoms with E-state index < -0.39 is 24.2 Å². The van der Waals surface area contributed by atoms with Crippen LogP contribution in [0.25, 0.3) is 11.1 Å². The van der Waals surface area contributed by atoms with Crippen LogP contribution in [0.15, 0.2) is 22.6 Å². The van der Waals surface area contributed by atoms with Crippen LogP contribution in [0.2, 0.25) is 0 Å². The minimum atomic E-state index is -5.54. The topological polar surface area (TPSA) is 52.0 Å². The second-order valence-corrected chi connectivity index (χ2v) is 3.80. The van der Waals surface area contributed by atoms with Gasteiger partial charge in [0.1, 0.15) is 5.52 Å². The number of oxazole rings is 1. The minimum Gasteiger partial charge on any atom is -0.440 e. The Morgan fingerprint density at radius 1 is 1.05 bits per heavy atom. The average Bonchev–Trinajstić information content (AvgIpc) is 2.54. The summed E-state index contributed by atoms with van der Waals surface area (Å²) in [6.07, 6.45) is -11.1. The first kappa shape index (κ1) is 13.5. The molecule has 1 aromatic heterocycles. The molecule has 2 rings (SSSR count). The lowest BCUT2D eigenvalue weighted by Crippen LogP contribution is -2.34. The Balaban J connectivity index is 2.57. The summed E-state index contributed by atoms with van der Waals surface area (Å²) in [5.41, 5.74) is 5.14. The Bertz CT molecular complexity index is 586. The average molecular weight is 284 g/mol. The van der Waals surface area contributed by atoms with Crippen molar-refractivity contribution in [1.29, 1.82) is 0 Å². The Morgan fingerprint density at radius 2 is 1.63 bits per heavy atom. The number of alkyl halides is 6. The highest BCUT2D eigenvalue weighted by atomic mass is 19.4.